The molecule has 0 rings (SSSR count). The van der Waals surface area contributed by atoms with Crippen LogP contribution in [-0.2, 0) is 19.1 Å². The van der Waals surface area contributed by atoms with Crippen molar-refractivity contribution in [2.24, 2.45) is 5.92 Å². The first-order chi connectivity index (χ1) is 7.89. The molecular formula is C12H25GaO5. The third-order valence-electron chi connectivity index (χ3n) is 2.36. The number of Topliss-reactive ketones (excluding diaryl/α,β-unsaturated/α-hetero) is 1. The number of rotatable bonds is 9. The van der Waals surface area contributed by atoms with Crippen molar-refractivity contribution in [1.29, 1.82) is 0 Å². The van der Waals surface area contributed by atoms with Crippen LogP contribution in [0.3, 0.4) is 0 Å². The average Bonchev–Trinajstić information content (AvgIpc) is 2.22. The summed E-state index contributed by atoms with van der Waals surface area (Å²) in [6.07, 6.45) is 1.46. The molecule has 0 heterocycles. The molecule has 0 fully saturated rings. The van der Waals surface area contributed by atoms with Crippen LogP contribution in [0.2, 0.25) is 0 Å². The van der Waals surface area contributed by atoms with Gasteiger partial charge in [0.15, 0.2) is 11.7 Å². The second kappa shape index (κ2) is 9.60. The molecule has 0 spiro atoms. The Morgan fingerprint density at radius 1 is 1.17 bits per heavy atom. The molecule has 1 N–H and O–H groups in total. The summed E-state index contributed by atoms with van der Waals surface area (Å²) in [7, 11) is 0. The van der Waals surface area contributed by atoms with Crippen molar-refractivity contribution < 1.29 is 24.2 Å². The summed E-state index contributed by atoms with van der Waals surface area (Å²) in [6.45, 7) is 7.28. The van der Waals surface area contributed by atoms with Gasteiger partial charge in [-0.1, -0.05) is 13.8 Å². The summed E-state index contributed by atoms with van der Waals surface area (Å²) < 4.78 is 10.9. The van der Waals surface area contributed by atoms with E-state index in [2.05, 4.69) is 0 Å². The predicted octanol–water partition coefficient (Wildman–Crippen LogP) is 0.662. The minimum atomic E-state index is -1.39. The maximum absolute atomic E-state index is 11.4. The summed E-state index contributed by atoms with van der Waals surface area (Å²) >= 11 is 0. The number of carbonyl (C=O) groups excluding carboxylic acids is 1. The van der Waals surface area contributed by atoms with E-state index in [4.69, 9.17) is 14.6 Å². The van der Waals surface area contributed by atoms with E-state index in [0.29, 0.717) is 13.2 Å². The van der Waals surface area contributed by atoms with Crippen molar-refractivity contribution in [1.82, 2.24) is 0 Å². The fourth-order valence-electron chi connectivity index (χ4n) is 1.59. The van der Waals surface area contributed by atoms with Crippen LogP contribution < -0.4 is 0 Å². The quantitative estimate of drug-likeness (QED) is 0.384. The molecule has 5 nitrogen and oxygen atoms in total. The van der Waals surface area contributed by atoms with Gasteiger partial charge in [-0.3, -0.25) is 9.59 Å². The Bertz CT molecular complexity index is 245. The predicted molar refractivity (Wildman–Crippen MR) is 72.6 cm³/mol. The molecule has 18 heavy (non-hydrogen) atoms. The van der Waals surface area contributed by atoms with Crippen LogP contribution in [0.25, 0.3) is 0 Å². The Morgan fingerprint density at radius 2 is 1.56 bits per heavy atom. The molecule has 0 aromatic carbocycles. The first-order valence-corrected chi connectivity index (χ1v) is 5.90. The van der Waals surface area contributed by atoms with Crippen LogP contribution in [0.4, 0.5) is 0 Å². The Labute approximate surface area is 121 Å². The Hall–Kier alpha value is -0.304. The molecule has 0 radical (unpaired) electrons. The summed E-state index contributed by atoms with van der Waals surface area (Å²) in [5, 5.41) is 9.10. The monoisotopic (exact) mass is 318 g/mol. The van der Waals surface area contributed by atoms with Crippen molar-refractivity contribution in [3.8, 4) is 0 Å². The summed E-state index contributed by atoms with van der Waals surface area (Å²) in [4.78, 5) is 22.6. The van der Waals surface area contributed by atoms with Crippen molar-refractivity contribution in [3.05, 3.63) is 0 Å². The molecule has 0 amide bonds. The normalized spacial score (nSPS) is 12.7. The topological polar surface area (TPSA) is 72.8 Å². The zero-order chi connectivity index (χ0) is 13.5. The molecule has 0 aliphatic heterocycles. The summed E-state index contributed by atoms with van der Waals surface area (Å²) in [5.41, 5.74) is 0. The zero-order valence-corrected chi connectivity index (χ0v) is 11.0. The third-order valence-corrected chi connectivity index (χ3v) is 2.36. The van der Waals surface area contributed by atoms with Gasteiger partial charge in [-0.15, -0.1) is 0 Å². The van der Waals surface area contributed by atoms with Crippen LogP contribution in [0.15, 0.2) is 0 Å². The van der Waals surface area contributed by atoms with Gasteiger partial charge in [0.05, 0.1) is 0 Å². The van der Waals surface area contributed by atoms with Crippen LogP contribution in [0.5, 0.6) is 0 Å². The van der Waals surface area contributed by atoms with Gasteiger partial charge in [0, 0.05) is 13.2 Å². The number of ether oxygens (including phenoxy) is 2. The van der Waals surface area contributed by atoms with E-state index in [9.17, 15) is 9.59 Å². The Balaban J connectivity index is 0. The molecule has 0 aliphatic carbocycles. The van der Waals surface area contributed by atoms with Gasteiger partial charge in [0.1, 0.15) is 5.78 Å². The van der Waals surface area contributed by atoms with E-state index in [1.54, 1.807) is 0 Å². The average molecular weight is 319 g/mol. The Kier molecular flexibility index (Phi) is 10.7. The maximum atomic E-state index is 11.4. The summed E-state index contributed by atoms with van der Waals surface area (Å²) in [5.74, 6) is -4.36. The number of carbonyl (C=O) groups is 2. The van der Waals surface area contributed by atoms with Crippen LogP contribution in [0, 0.1) is 5.92 Å². The standard InChI is InChI=1S/C12H22O5.Ga.3H/c1-5-7-16-12(4,17-8-6-2)10(9(3)13)11(14)15;;;;/h10H,5-8H2,1-4H3,(H,14,15);;;;. The van der Waals surface area contributed by atoms with Crippen molar-refractivity contribution in [3.63, 3.8) is 0 Å². The van der Waals surface area contributed by atoms with Gasteiger partial charge >= 0.3 is 25.8 Å². The van der Waals surface area contributed by atoms with Gasteiger partial charge in [0.25, 0.3) is 0 Å². The van der Waals surface area contributed by atoms with Crippen LogP contribution in [0.1, 0.15) is 40.5 Å². The van der Waals surface area contributed by atoms with Crippen LogP contribution in [-0.4, -0.2) is 55.7 Å². The molecule has 0 aliphatic rings. The van der Waals surface area contributed by atoms with Gasteiger partial charge in [-0.05, 0) is 26.7 Å². The zero-order valence-electron chi connectivity index (χ0n) is 11.0. The molecule has 0 bridgehead atoms. The van der Waals surface area contributed by atoms with E-state index < -0.39 is 23.5 Å². The van der Waals surface area contributed by atoms with Gasteiger partial charge < -0.3 is 14.6 Å². The van der Waals surface area contributed by atoms with Gasteiger partial charge in [-0.2, -0.15) is 0 Å². The van der Waals surface area contributed by atoms with Crippen LogP contribution >= 0.6 is 0 Å². The van der Waals surface area contributed by atoms with E-state index in [1.807, 2.05) is 13.8 Å². The second-order valence-electron chi connectivity index (χ2n) is 4.09. The number of hydrogen-bond acceptors (Lipinski definition) is 4. The first-order valence-electron chi connectivity index (χ1n) is 5.90. The molecule has 0 saturated carbocycles. The molecule has 0 aromatic rings. The van der Waals surface area contributed by atoms with E-state index >= 15 is 0 Å². The van der Waals surface area contributed by atoms with Crippen molar-refractivity contribution >= 4 is 31.5 Å². The number of ketones is 1. The fraction of sp³-hybridized carbons (Fsp3) is 0.833. The molecular weight excluding hydrogens is 294 g/mol. The minimum absolute atomic E-state index is 0. The van der Waals surface area contributed by atoms with E-state index in [0.717, 1.165) is 12.8 Å². The molecule has 0 aromatic heterocycles. The molecule has 1 atom stereocenters. The van der Waals surface area contributed by atoms with Gasteiger partial charge in [-0.25, -0.2) is 0 Å². The van der Waals surface area contributed by atoms with Crippen molar-refractivity contribution in [2.75, 3.05) is 13.2 Å². The third kappa shape index (κ3) is 6.04. The fourth-order valence-corrected chi connectivity index (χ4v) is 1.59. The second-order valence-corrected chi connectivity index (χ2v) is 4.09. The van der Waals surface area contributed by atoms with E-state index in [-0.39, 0.29) is 19.8 Å². The SMILES string of the molecule is CCCOC(C)(OCCC)C(C(C)=O)C(=O)O.[GaH3]. The molecule has 106 valence electrons. The number of aliphatic carboxylic acids is 1. The number of carboxylic acid groups (broad SMARTS) is 1. The number of carboxylic acids is 1. The van der Waals surface area contributed by atoms with Gasteiger partial charge in [0.2, 0.25) is 0 Å². The first kappa shape index (κ1) is 20.0. The van der Waals surface area contributed by atoms with E-state index in [1.165, 1.54) is 13.8 Å². The Morgan fingerprint density at radius 3 is 1.78 bits per heavy atom. The molecule has 0 saturated heterocycles. The number of hydrogen-bond donors (Lipinski definition) is 1. The molecule has 1 unspecified atom stereocenters. The summed E-state index contributed by atoms with van der Waals surface area (Å²) in [6, 6.07) is 0. The van der Waals surface area contributed by atoms with Crippen molar-refractivity contribution in [2.45, 2.75) is 46.3 Å². The molecule has 6 heteroatoms.